The second-order valence-corrected chi connectivity index (χ2v) is 7.94. The average Bonchev–Trinajstić information content (AvgIpc) is 2.74. The van der Waals surface area contributed by atoms with E-state index in [1.54, 1.807) is 21.3 Å². The molecular formula is C22H36N2O4. The van der Waals surface area contributed by atoms with Crippen molar-refractivity contribution in [3.63, 3.8) is 0 Å². The van der Waals surface area contributed by atoms with E-state index in [4.69, 9.17) is 14.2 Å². The van der Waals surface area contributed by atoms with Crippen molar-refractivity contribution in [2.75, 3.05) is 47.6 Å². The fourth-order valence-electron chi connectivity index (χ4n) is 4.83. The summed E-state index contributed by atoms with van der Waals surface area (Å²) in [6, 6.07) is 4.94. The standard InChI is InChI=1S/C22H36N2O4/c1-26-19-13-21(27-2)20(22(14-19)28-3)16-23-10-11-24(18(15-23)9-12-25)17-7-5-4-6-8-17/h13-14,17-18,25H,4-12,15-16H2,1-3H3/t18-/m0/s1. The van der Waals surface area contributed by atoms with Gasteiger partial charge in [-0.3, -0.25) is 9.80 Å². The van der Waals surface area contributed by atoms with Crippen molar-refractivity contribution >= 4 is 0 Å². The quantitative estimate of drug-likeness (QED) is 0.734. The van der Waals surface area contributed by atoms with Gasteiger partial charge in [0, 0.05) is 57.0 Å². The molecule has 1 saturated heterocycles. The topological polar surface area (TPSA) is 54.4 Å². The Bertz CT molecular complexity index is 594. The second-order valence-electron chi connectivity index (χ2n) is 7.94. The Kier molecular flexibility index (Phi) is 7.82. The van der Waals surface area contributed by atoms with Crippen molar-refractivity contribution in [2.24, 2.45) is 0 Å². The van der Waals surface area contributed by atoms with E-state index in [0.29, 0.717) is 12.1 Å². The lowest BCUT2D eigenvalue weighted by Gasteiger charge is -2.46. The average molecular weight is 393 g/mol. The van der Waals surface area contributed by atoms with E-state index in [2.05, 4.69) is 9.80 Å². The van der Waals surface area contributed by atoms with Crippen LogP contribution in [0.2, 0.25) is 0 Å². The Balaban J connectivity index is 1.73. The maximum Gasteiger partial charge on any atom is 0.130 e. The number of nitrogens with zero attached hydrogens (tertiary/aromatic N) is 2. The van der Waals surface area contributed by atoms with Crippen LogP contribution in [0.5, 0.6) is 17.2 Å². The van der Waals surface area contributed by atoms with Crippen molar-refractivity contribution in [3.05, 3.63) is 17.7 Å². The van der Waals surface area contributed by atoms with Crippen LogP contribution in [0.25, 0.3) is 0 Å². The highest BCUT2D eigenvalue weighted by molar-refractivity contribution is 5.50. The molecule has 0 spiro atoms. The molecule has 3 rings (SSSR count). The van der Waals surface area contributed by atoms with Gasteiger partial charge in [-0.25, -0.2) is 0 Å². The van der Waals surface area contributed by atoms with Gasteiger partial charge in [-0.05, 0) is 19.3 Å². The molecule has 0 aromatic heterocycles. The van der Waals surface area contributed by atoms with E-state index in [1.165, 1.54) is 32.1 Å². The summed E-state index contributed by atoms with van der Waals surface area (Å²) in [5.41, 5.74) is 1.06. The summed E-state index contributed by atoms with van der Waals surface area (Å²) in [4.78, 5) is 5.14. The number of aliphatic hydroxyl groups excluding tert-OH is 1. The van der Waals surface area contributed by atoms with Crippen LogP contribution in [-0.2, 0) is 6.54 Å². The first kappa shape index (κ1) is 21.2. The van der Waals surface area contributed by atoms with E-state index in [-0.39, 0.29) is 6.61 Å². The summed E-state index contributed by atoms with van der Waals surface area (Å²) < 4.78 is 16.6. The minimum absolute atomic E-state index is 0.247. The molecule has 1 aliphatic carbocycles. The third-order valence-corrected chi connectivity index (χ3v) is 6.32. The number of hydrogen-bond acceptors (Lipinski definition) is 6. The molecule has 1 aromatic rings. The van der Waals surface area contributed by atoms with Gasteiger partial charge in [-0.15, -0.1) is 0 Å². The van der Waals surface area contributed by atoms with Crippen molar-refractivity contribution in [1.82, 2.24) is 9.80 Å². The molecule has 1 aliphatic heterocycles. The third kappa shape index (κ3) is 4.91. The second kappa shape index (κ2) is 10.3. The lowest BCUT2D eigenvalue weighted by atomic mass is 9.91. The summed E-state index contributed by atoms with van der Waals surface area (Å²) in [6.07, 6.45) is 7.51. The Labute approximate surface area is 169 Å². The van der Waals surface area contributed by atoms with Crippen LogP contribution in [0.15, 0.2) is 12.1 Å². The molecule has 1 saturated carbocycles. The predicted molar refractivity (Wildman–Crippen MR) is 110 cm³/mol. The van der Waals surface area contributed by atoms with Crippen LogP contribution >= 0.6 is 0 Å². The normalized spacial score (nSPS) is 22.2. The first-order chi connectivity index (χ1) is 13.7. The molecule has 6 nitrogen and oxygen atoms in total. The van der Waals surface area contributed by atoms with Crippen molar-refractivity contribution in [2.45, 2.75) is 57.2 Å². The summed E-state index contributed by atoms with van der Waals surface area (Å²) in [5.74, 6) is 2.33. The monoisotopic (exact) mass is 392 g/mol. The van der Waals surface area contributed by atoms with E-state index in [9.17, 15) is 5.11 Å². The first-order valence-corrected chi connectivity index (χ1v) is 10.6. The van der Waals surface area contributed by atoms with Gasteiger partial charge in [0.25, 0.3) is 0 Å². The zero-order valence-electron chi connectivity index (χ0n) is 17.7. The highest BCUT2D eigenvalue weighted by Gasteiger charge is 2.33. The van der Waals surface area contributed by atoms with Crippen molar-refractivity contribution in [1.29, 1.82) is 0 Å². The molecule has 2 fully saturated rings. The molecule has 0 amide bonds. The summed E-state index contributed by atoms with van der Waals surface area (Å²) >= 11 is 0. The van der Waals surface area contributed by atoms with E-state index in [1.807, 2.05) is 12.1 Å². The highest BCUT2D eigenvalue weighted by Crippen LogP contribution is 2.36. The predicted octanol–water partition coefficient (Wildman–Crippen LogP) is 2.91. The molecular weight excluding hydrogens is 356 g/mol. The van der Waals surface area contributed by atoms with Crippen LogP contribution in [-0.4, -0.2) is 74.6 Å². The van der Waals surface area contributed by atoms with Gasteiger partial charge in [-0.2, -0.15) is 0 Å². The number of aliphatic hydroxyl groups is 1. The van der Waals surface area contributed by atoms with Crippen LogP contribution in [0.1, 0.15) is 44.1 Å². The smallest absolute Gasteiger partial charge is 0.130 e. The van der Waals surface area contributed by atoms with E-state index < -0.39 is 0 Å². The molecule has 1 aromatic carbocycles. The van der Waals surface area contributed by atoms with Gasteiger partial charge in [0.1, 0.15) is 17.2 Å². The number of ether oxygens (including phenoxy) is 3. The Morgan fingerprint density at radius 3 is 2.21 bits per heavy atom. The lowest BCUT2D eigenvalue weighted by Crippen LogP contribution is -2.56. The van der Waals surface area contributed by atoms with Gasteiger partial charge in [0.15, 0.2) is 0 Å². The van der Waals surface area contributed by atoms with Crippen molar-refractivity contribution in [3.8, 4) is 17.2 Å². The zero-order valence-corrected chi connectivity index (χ0v) is 17.7. The van der Waals surface area contributed by atoms with Gasteiger partial charge in [0.2, 0.25) is 0 Å². The molecule has 1 N–H and O–H groups in total. The lowest BCUT2D eigenvalue weighted by molar-refractivity contribution is 0.0132. The molecule has 28 heavy (non-hydrogen) atoms. The fourth-order valence-corrected chi connectivity index (χ4v) is 4.83. The largest absolute Gasteiger partial charge is 0.496 e. The minimum Gasteiger partial charge on any atom is -0.496 e. The number of piperazine rings is 1. The summed E-state index contributed by atoms with van der Waals surface area (Å²) in [7, 11) is 5.03. The molecule has 1 atom stereocenters. The summed E-state index contributed by atoms with van der Waals surface area (Å²) in [6.45, 7) is 4.08. The maximum absolute atomic E-state index is 9.63. The molecule has 2 aliphatic rings. The van der Waals surface area contributed by atoms with Gasteiger partial charge in [0.05, 0.1) is 26.9 Å². The number of rotatable bonds is 8. The van der Waals surface area contributed by atoms with Crippen LogP contribution in [0.4, 0.5) is 0 Å². The maximum atomic E-state index is 9.63. The van der Waals surface area contributed by atoms with Crippen LogP contribution in [0, 0.1) is 0 Å². The van der Waals surface area contributed by atoms with Gasteiger partial charge in [-0.1, -0.05) is 19.3 Å². The number of hydrogen-bond donors (Lipinski definition) is 1. The molecule has 1 heterocycles. The number of benzene rings is 1. The Hall–Kier alpha value is -1.50. The Morgan fingerprint density at radius 2 is 1.64 bits per heavy atom. The third-order valence-electron chi connectivity index (χ3n) is 6.32. The van der Waals surface area contributed by atoms with Gasteiger partial charge < -0.3 is 19.3 Å². The highest BCUT2D eigenvalue weighted by atomic mass is 16.5. The SMILES string of the molecule is COc1cc(OC)c(CN2CCN(C3CCCCC3)[C@@H](CCO)C2)c(OC)c1. The molecule has 158 valence electrons. The first-order valence-electron chi connectivity index (χ1n) is 10.6. The van der Waals surface area contributed by atoms with Crippen molar-refractivity contribution < 1.29 is 19.3 Å². The van der Waals surface area contributed by atoms with Crippen LogP contribution in [0.3, 0.4) is 0 Å². The zero-order chi connectivity index (χ0) is 19.9. The fraction of sp³-hybridized carbons (Fsp3) is 0.727. The summed E-state index contributed by atoms with van der Waals surface area (Å²) in [5, 5.41) is 9.63. The molecule has 0 unspecified atom stereocenters. The molecule has 0 bridgehead atoms. The van der Waals surface area contributed by atoms with Crippen LogP contribution < -0.4 is 14.2 Å². The van der Waals surface area contributed by atoms with Gasteiger partial charge >= 0.3 is 0 Å². The number of methoxy groups -OCH3 is 3. The molecule has 6 heteroatoms. The molecule has 0 radical (unpaired) electrons. The minimum atomic E-state index is 0.247. The Morgan fingerprint density at radius 1 is 0.964 bits per heavy atom. The van der Waals surface area contributed by atoms with E-state index >= 15 is 0 Å². The van der Waals surface area contributed by atoms with E-state index in [0.717, 1.165) is 55.4 Å².